The molecule has 1 N–H and O–H groups in total. The molecule has 1 aromatic carbocycles. The van der Waals surface area contributed by atoms with Gasteiger partial charge in [0.2, 0.25) is 0 Å². The Kier molecular flexibility index (Phi) is 6.48. The van der Waals surface area contributed by atoms with E-state index in [1.807, 2.05) is 19.9 Å². The maximum Gasteiger partial charge on any atom is 0.325 e. The summed E-state index contributed by atoms with van der Waals surface area (Å²) in [5, 5.41) is 6.30. The van der Waals surface area contributed by atoms with Gasteiger partial charge in [-0.1, -0.05) is 41.0 Å². The predicted molar refractivity (Wildman–Crippen MR) is 89.1 cm³/mol. The fraction of sp³-hybridized carbons (Fsp3) is 0.375. The summed E-state index contributed by atoms with van der Waals surface area (Å²) < 4.78 is 10.8. The summed E-state index contributed by atoms with van der Waals surface area (Å²) in [7, 11) is 0. The first-order valence-corrected chi connectivity index (χ1v) is 8.24. The number of aromatic nitrogens is 2. The van der Waals surface area contributed by atoms with Crippen molar-refractivity contribution in [1.82, 2.24) is 15.5 Å². The Morgan fingerprint density at radius 1 is 1.38 bits per heavy atom. The van der Waals surface area contributed by atoms with E-state index in [9.17, 15) is 9.59 Å². The second-order valence-corrected chi connectivity index (χ2v) is 6.47. The molecule has 0 bridgehead atoms. The van der Waals surface area contributed by atoms with Gasteiger partial charge in [0.15, 0.2) is 12.4 Å². The zero-order valence-electron chi connectivity index (χ0n) is 13.4. The van der Waals surface area contributed by atoms with Gasteiger partial charge in [0.05, 0.1) is 0 Å². The van der Waals surface area contributed by atoms with E-state index in [2.05, 4.69) is 31.4 Å². The molecule has 0 saturated heterocycles. The van der Waals surface area contributed by atoms with Gasteiger partial charge in [-0.2, -0.15) is 4.98 Å². The molecule has 128 valence electrons. The molecule has 0 aliphatic carbocycles. The molecule has 0 unspecified atom stereocenters. The average molecular weight is 396 g/mol. The second-order valence-electron chi connectivity index (χ2n) is 5.56. The second kappa shape index (κ2) is 8.58. The van der Waals surface area contributed by atoms with Crippen LogP contribution >= 0.6 is 15.9 Å². The highest BCUT2D eigenvalue weighted by molar-refractivity contribution is 9.10. The number of halogens is 1. The molecule has 0 fully saturated rings. The largest absolute Gasteiger partial charge is 0.454 e. The minimum Gasteiger partial charge on any atom is -0.454 e. The predicted octanol–water partition coefficient (Wildman–Crippen LogP) is 2.50. The van der Waals surface area contributed by atoms with Crippen LogP contribution in [0.2, 0.25) is 0 Å². The lowest BCUT2D eigenvalue weighted by Gasteiger charge is -2.05. The van der Waals surface area contributed by atoms with Crippen molar-refractivity contribution in [2.24, 2.45) is 5.92 Å². The number of hydrogen-bond acceptors (Lipinski definition) is 6. The van der Waals surface area contributed by atoms with E-state index in [1.165, 1.54) is 0 Å². The van der Waals surface area contributed by atoms with Gasteiger partial charge in [-0.25, -0.2) is 0 Å². The van der Waals surface area contributed by atoms with E-state index >= 15 is 0 Å². The van der Waals surface area contributed by atoms with Crippen LogP contribution < -0.4 is 5.32 Å². The summed E-state index contributed by atoms with van der Waals surface area (Å²) in [6.45, 7) is 3.74. The van der Waals surface area contributed by atoms with Gasteiger partial charge in [-0.15, -0.1) is 0 Å². The number of amides is 1. The number of ether oxygens (including phenoxy) is 1. The van der Waals surface area contributed by atoms with E-state index in [-0.39, 0.29) is 24.9 Å². The molecule has 0 aliphatic rings. The van der Waals surface area contributed by atoms with Crippen molar-refractivity contribution in [3.05, 3.63) is 46.0 Å². The van der Waals surface area contributed by atoms with E-state index in [0.717, 1.165) is 4.47 Å². The van der Waals surface area contributed by atoms with Crippen molar-refractivity contribution in [1.29, 1.82) is 0 Å². The van der Waals surface area contributed by atoms with Crippen LogP contribution in [0, 0.1) is 5.92 Å². The van der Waals surface area contributed by atoms with Gasteiger partial charge in [-0.3, -0.25) is 9.59 Å². The third-order valence-corrected chi connectivity index (χ3v) is 3.43. The lowest BCUT2D eigenvalue weighted by Crippen LogP contribution is -2.30. The van der Waals surface area contributed by atoms with Gasteiger partial charge in [-0.05, 0) is 24.1 Å². The Morgan fingerprint density at radius 3 is 2.88 bits per heavy atom. The number of carbonyl (C=O) groups is 2. The van der Waals surface area contributed by atoms with Crippen molar-refractivity contribution in [2.45, 2.75) is 26.9 Å². The van der Waals surface area contributed by atoms with Crippen LogP contribution in [0.25, 0.3) is 0 Å². The van der Waals surface area contributed by atoms with Gasteiger partial charge in [0.1, 0.15) is 6.54 Å². The topological polar surface area (TPSA) is 94.3 Å². The minimum atomic E-state index is -0.582. The smallest absolute Gasteiger partial charge is 0.325 e. The highest BCUT2D eigenvalue weighted by Crippen LogP contribution is 2.11. The fourth-order valence-corrected chi connectivity index (χ4v) is 2.27. The number of rotatable bonds is 7. The van der Waals surface area contributed by atoms with Crippen molar-refractivity contribution in [2.75, 3.05) is 6.54 Å². The normalized spacial score (nSPS) is 10.7. The van der Waals surface area contributed by atoms with Crippen molar-refractivity contribution in [3.63, 3.8) is 0 Å². The van der Waals surface area contributed by atoms with Crippen LogP contribution in [0.5, 0.6) is 0 Å². The molecule has 0 atom stereocenters. The first-order chi connectivity index (χ1) is 11.4. The standard InChI is InChI=1S/C16H18BrN3O4/c1-10(2)6-13-19-14(24-20-13)9-23-15(21)8-18-16(22)11-4-3-5-12(17)7-11/h3-5,7,10H,6,8-9H2,1-2H3,(H,18,22). The summed E-state index contributed by atoms with van der Waals surface area (Å²) in [5.74, 6) is 0.287. The van der Waals surface area contributed by atoms with E-state index in [0.29, 0.717) is 23.7 Å². The quantitative estimate of drug-likeness (QED) is 0.723. The summed E-state index contributed by atoms with van der Waals surface area (Å²) in [4.78, 5) is 27.7. The highest BCUT2D eigenvalue weighted by Gasteiger charge is 2.12. The Balaban J connectivity index is 1.75. The monoisotopic (exact) mass is 395 g/mol. The van der Waals surface area contributed by atoms with Crippen molar-refractivity contribution >= 4 is 27.8 Å². The molecule has 1 heterocycles. The number of nitrogens with one attached hydrogen (secondary N) is 1. The molecular weight excluding hydrogens is 378 g/mol. The summed E-state index contributed by atoms with van der Waals surface area (Å²) in [5.41, 5.74) is 0.451. The van der Waals surface area contributed by atoms with Gasteiger partial charge in [0, 0.05) is 16.5 Å². The van der Waals surface area contributed by atoms with Gasteiger partial charge >= 0.3 is 5.97 Å². The van der Waals surface area contributed by atoms with E-state index < -0.39 is 5.97 Å². The molecular formula is C16H18BrN3O4. The SMILES string of the molecule is CC(C)Cc1noc(COC(=O)CNC(=O)c2cccc(Br)c2)n1. The summed E-state index contributed by atoms with van der Waals surface area (Å²) in [6, 6.07) is 6.86. The molecule has 7 nitrogen and oxygen atoms in total. The summed E-state index contributed by atoms with van der Waals surface area (Å²) >= 11 is 3.28. The molecule has 1 aromatic heterocycles. The van der Waals surface area contributed by atoms with Gasteiger partial charge in [0.25, 0.3) is 11.8 Å². The van der Waals surface area contributed by atoms with Crippen LogP contribution in [0.4, 0.5) is 0 Å². The van der Waals surface area contributed by atoms with Crippen LogP contribution in [0.1, 0.15) is 35.9 Å². The van der Waals surface area contributed by atoms with E-state index in [4.69, 9.17) is 9.26 Å². The molecule has 0 aliphatic heterocycles. The molecule has 24 heavy (non-hydrogen) atoms. The third-order valence-electron chi connectivity index (χ3n) is 2.94. The molecule has 0 spiro atoms. The lowest BCUT2D eigenvalue weighted by molar-refractivity contribution is -0.144. The van der Waals surface area contributed by atoms with Crippen molar-refractivity contribution < 1.29 is 18.8 Å². The molecule has 8 heteroatoms. The van der Waals surface area contributed by atoms with E-state index in [1.54, 1.807) is 18.2 Å². The Hall–Kier alpha value is -2.22. The number of benzene rings is 1. The zero-order chi connectivity index (χ0) is 17.5. The number of esters is 1. The number of nitrogens with zero attached hydrogens (tertiary/aromatic N) is 2. The first kappa shape index (κ1) is 18.1. The molecule has 2 aromatic rings. The minimum absolute atomic E-state index is 0.114. The maximum atomic E-state index is 11.9. The fourth-order valence-electron chi connectivity index (χ4n) is 1.87. The number of hydrogen-bond donors (Lipinski definition) is 1. The van der Waals surface area contributed by atoms with Gasteiger partial charge < -0.3 is 14.6 Å². The Morgan fingerprint density at radius 2 is 2.17 bits per heavy atom. The van der Waals surface area contributed by atoms with Crippen molar-refractivity contribution in [3.8, 4) is 0 Å². The maximum absolute atomic E-state index is 11.9. The third kappa shape index (κ3) is 5.77. The van der Waals surface area contributed by atoms with Crippen LogP contribution in [-0.4, -0.2) is 28.6 Å². The molecule has 1 amide bonds. The lowest BCUT2D eigenvalue weighted by atomic mass is 10.1. The average Bonchev–Trinajstić information content (AvgIpc) is 2.97. The highest BCUT2D eigenvalue weighted by atomic mass is 79.9. The van der Waals surface area contributed by atoms with Crippen LogP contribution in [-0.2, 0) is 22.6 Å². The van der Waals surface area contributed by atoms with Crippen LogP contribution in [0.15, 0.2) is 33.3 Å². The Labute approximate surface area is 147 Å². The van der Waals surface area contributed by atoms with Crippen LogP contribution in [0.3, 0.4) is 0 Å². The summed E-state index contributed by atoms with van der Waals surface area (Å²) in [6.07, 6.45) is 0.695. The molecule has 0 saturated carbocycles. The first-order valence-electron chi connectivity index (χ1n) is 7.45. The number of carbonyl (C=O) groups excluding carboxylic acids is 2. The zero-order valence-corrected chi connectivity index (χ0v) is 15.0. The Bertz CT molecular complexity index is 715. The molecule has 0 radical (unpaired) electrons. The molecule has 2 rings (SSSR count).